The monoisotopic (exact) mass is 434 g/mol. The zero-order chi connectivity index (χ0) is 22.8. The van der Waals surface area contributed by atoms with Crippen molar-refractivity contribution in [1.82, 2.24) is 9.97 Å². The lowest BCUT2D eigenvalue weighted by Gasteiger charge is -2.13. The smallest absolute Gasteiger partial charge is 0.409 e. The predicted molar refractivity (Wildman–Crippen MR) is 121 cm³/mol. The molecule has 0 radical (unpaired) electrons. The maximum absolute atomic E-state index is 12.0. The first kappa shape index (κ1) is 21.1. The molecule has 0 aliphatic heterocycles. The minimum Gasteiger partial charge on any atom is -0.491 e. The van der Waals surface area contributed by atoms with Gasteiger partial charge in [-0.25, -0.2) is 9.78 Å². The Morgan fingerprint density at radius 3 is 2.72 bits per heavy atom. The van der Waals surface area contributed by atoms with Crippen molar-refractivity contribution >= 4 is 39.5 Å². The number of rotatable bonds is 7. The zero-order valence-electron chi connectivity index (χ0n) is 17.6. The molecular weight excluding hydrogens is 412 g/mol. The van der Waals surface area contributed by atoms with Crippen LogP contribution >= 0.6 is 0 Å². The van der Waals surface area contributed by atoms with Crippen LogP contribution < -0.4 is 15.8 Å². The van der Waals surface area contributed by atoms with Gasteiger partial charge in [-0.3, -0.25) is 10.1 Å². The molecule has 0 bridgehead atoms. The van der Waals surface area contributed by atoms with E-state index in [1.54, 1.807) is 25.4 Å². The molecule has 2 aromatic heterocycles. The summed E-state index contributed by atoms with van der Waals surface area (Å²) >= 11 is 0. The topological polar surface area (TPSA) is 140 Å². The molecule has 4 aromatic rings. The van der Waals surface area contributed by atoms with Crippen molar-refractivity contribution in [2.75, 3.05) is 25.6 Å². The number of primary amides is 1. The fourth-order valence-corrected chi connectivity index (χ4v) is 3.79. The third-order valence-electron chi connectivity index (χ3n) is 5.25. The van der Waals surface area contributed by atoms with E-state index in [0.717, 1.165) is 33.0 Å². The lowest BCUT2D eigenvalue weighted by Crippen LogP contribution is -2.14. The normalized spacial score (nSPS) is 11.1. The van der Waals surface area contributed by atoms with Crippen LogP contribution in [0.25, 0.3) is 32.9 Å². The largest absolute Gasteiger partial charge is 0.491 e. The fraction of sp³-hybridized carbons (Fsp3) is 0.174. The number of ether oxygens (including phenoxy) is 2. The summed E-state index contributed by atoms with van der Waals surface area (Å²) in [6.07, 6.45) is 0.441. The summed E-state index contributed by atoms with van der Waals surface area (Å²) in [7, 11) is 1.60. The molecule has 0 saturated carbocycles. The Balaban J connectivity index is 1.94. The maximum atomic E-state index is 12.0. The summed E-state index contributed by atoms with van der Waals surface area (Å²) in [5.74, 6) is 0.00256. The van der Waals surface area contributed by atoms with Crippen LogP contribution in [0.2, 0.25) is 0 Å². The van der Waals surface area contributed by atoms with Gasteiger partial charge < -0.3 is 25.3 Å². The number of amides is 2. The SMILES string of the molecule is COCCOc1ccc2c(c1)[nH]c1c(C(N)=O)ncc(-c3cccc(NC(=O)O)c3C)c12. The van der Waals surface area contributed by atoms with Crippen LogP contribution in [0.15, 0.2) is 42.6 Å². The minimum absolute atomic E-state index is 0.124. The first-order valence-corrected chi connectivity index (χ1v) is 9.86. The molecule has 2 aromatic carbocycles. The Morgan fingerprint density at radius 1 is 1.19 bits per heavy atom. The van der Waals surface area contributed by atoms with Crippen molar-refractivity contribution in [3.05, 3.63) is 53.9 Å². The number of anilines is 1. The molecule has 164 valence electrons. The summed E-state index contributed by atoms with van der Waals surface area (Å²) in [5, 5.41) is 13.2. The van der Waals surface area contributed by atoms with E-state index >= 15 is 0 Å². The maximum Gasteiger partial charge on any atom is 0.409 e. The highest BCUT2D eigenvalue weighted by atomic mass is 16.5. The molecule has 0 saturated heterocycles. The second-order valence-electron chi connectivity index (χ2n) is 7.22. The molecule has 2 heterocycles. The Morgan fingerprint density at radius 2 is 2.00 bits per heavy atom. The number of H-pyrrole nitrogens is 1. The third-order valence-corrected chi connectivity index (χ3v) is 5.25. The molecule has 0 spiro atoms. The van der Waals surface area contributed by atoms with Crippen molar-refractivity contribution in [2.24, 2.45) is 5.73 Å². The van der Waals surface area contributed by atoms with Crippen molar-refractivity contribution in [3.8, 4) is 16.9 Å². The van der Waals surface area contributed by atoms with Gasteiger partial charge in [0.1, 0.15) is 12.4 Å². The lowest BCUT2D eigenvalue weighted by molar-refractivity contribution is 0.0997. The number of hydrogen-bond acceptors (Lipinski definition) is 5. The fourth-order valence-electron chi connectivity index (χ4n) is 3.79. The van der Waals surface area contributed by atoms with Crippen LogP contribution in [0.5, 0.6) is 5.75 Å². The zero-order valence-corrected chi connectivity index (χ0v) is 17.6. The number of benzene rings is 2. The molecule has 0 fully saturated rings. The lowest BCUT2D eigenvalue weighted by atomic mass is 9.96. The van der Waals surface area contributed by atoms with E-state index in [-0.39, 0.29) is 5.69 Å². The van der Waals surface area contributed by atoms with Crippen molar-refractivity contribution < 1.29 is 24.2 Å². The highest BCUT2D eigenvalue weighted by Gasteiger charge is 2.20. The van der Waals surface area contributed by atoms with Crippen LogP contribution in [0.3, 0.4) is 0 Å². The Kier molecular flexibility index (Phi) is 5.65. The number of carbonyl (C=O) groups excluding carboxylic acids is 1. The number of nitrogens with one attached hydrogen (secondary N) is 2. The quantitative estimate of drug-likeness (QED) is 0.325. The number of hydrogen-bond donors (Lipinski definition) is 4. The molecule has 0 atom stereocenters. The van der Waals surface area contributed by atoms with Gasteiger partial charge in [0.05, 0.1) is 17.6 Å². The number of carbonyl (C=O) groups is 2. The van der Waals surface area contributed by atoms with Gasteiger partial charge in [-0.05, 0) is 36.2 Å². The predicted octanol–water partition coefficient (Wildman–Crippen LogP) is 3.91. The molecule has 0 aliphatic carbocycles. The standard InChI is InChI=1S/C23H22N4O5/c1-12-14(4-3-5-17(12)27-23(29)30)16-11-25-21(22(24)28)20-19(16)15-7-6-13(10-18(15)26-20)32-9-8-31-2/h3-7,10-11,26-27H,8-9H2,1-2H3,(H2,24,28)(H,29,30). The highest BCUT2D eigenvalue weighted by molar-refractivity contribution is 6.19. The van der Waals surface area contributed by atoms with Crippen molar-refractivity contribution in [3.63, 3.8) is 0 Å². The van der Waals surface area contributed by atoms with Crippen LogP contribution in [0.1, 0.15) is 16.1 Å². The van der Waals surface area contributed by atoms with Crippen LogP contribution in [0, 0.1) is 6.92 Å². The Labute approximate surface area is 183 Å². The number of nitrogens with zero attached hydrogens (tertiary/aromatic N) is 1. The van der Waals surface area contributed by atoms with Gasteiger partial charge in [-0.15, -0.1) is 0 Å². The van der Waals surface area contributed by atoms with E-state index in [2.05, 4.69) is 15.3 Å². The molecule has 9 heteroatoms. The summed E-state index contributed by atoms with van der Waals surface area (Å²) in [6.45, 7) is 2.69. The summed E-state index contributed by atoms with van der Waals surface area (Å²) in [4.78, 5) is 30.8. The molecule has 2 amide bonds. The van der Waals surface area contributed by atoms with E-state index in [1.165, 1.54) is 0 Å². The summed E-state index contributed by atoms with van der Waals surface area (Å²) in [6, 6.07) is 10.9. The molecular formula is C23H22N4O5. The number of nitrogens with two attached hydrogens (primary N) is 1. The average Bonchev–Trinajstić information content (AvgIpc) is 3.13. The van der Waals surface area contributed by atoms with Gasteiger partial charge in [-0.1, -0.05) is 12.1 Å². The first-order chi connectivity index (χ1) is 15.4. The number of fused-ring (bicyclic) bond motifs is 3. The second kappa shape index (κ2) is 8.56. The minimum atomic E-state index is -1.15. The van der Waals surface area contributed by atoms with Gasteiger partial charge in [0, 0.05) is 41.4 Å². The number of carboxylic acid groups (broad SMARTS) is 1. The first-order valence-electron chi connectivity index (χ1n) is 9.86. The van der Waals surface area contributed by atoms with Gasteiger partial charge in [0.25, 0.3) is 5.91 Å². The Bertz CT molecular complexity index is 1350. The van der Waals surface area contributed by atoms with Crippen LogP contribution in [-0.4, -0.2) is 47.4 Å². The van der Waals surface area contributed by atoms with E-state index in [1.807, 2.05) is 31.2 Å². The van der Waals surface area contributed by atoms with Crippen molar-refractivity contribution in [1.29, 1.82) is 0 Å². The number of aromatic nitrogens is 2. The highest BCUT2D eigenvalue weighted by Crippen LogP contribution is 2.39. The number of pyridine rings is 1. The summed E-state index contributed by atoms with van der Waals surface area (Å²) < 4.78 is 10.7. The van der Waals surface area contributed by atoms with E-state index in [9.17, 15) is 9.59 Å². The molecule has 5 N–H and O–H groups in total. The van der Waals surface area contributed by atoms with Gasteiger partial charge in [0.15, 0.2) is 5.69 Å². The summed E-state index contributed by atoms with van der Waals surface area (Å²) in [5.41, 5.74) is 9.70. The van der Waals surface area contributed by atoms with Crippen molar-refractivity contribution in [2.45, 2.75) is 6.92 Å². The molecule has 9 nitrogen and oxygen atoms in total. The molecule has 4 rings (SSSR count). The van der Waals surface area contributed by atoms with E-state index in [4.69, 9.17) is 20.3 Å². The number of methoxy groups -OCH3 is 1. The van der Waals surface area contributed by atoms with Gasteiger partial charge >= 0.3 is 6.09 Å². The second-order valence-corrected chi connectivity index (χ2v) is 7.22. The molecule has 32 heavy (non-hydrogen) atoms. The van der Waals surface area contributed by atoms with Gasteiger partial charge in [0.2, 0.25) is 0 Å². The van der Waals surface area contributed by atoms with Gasteiger partial charge in [-0.2, -0.15) is 0 Å². The average molecular weight is 434 g/mol. The molecule has 0 unspecified atom stereocenters. The van der Waals surface area contributed by atoms with Crippen LogP contribution in [-0.2, 0) is 4.74 Å². The third kappa shape index (κ3) is 3.81. The van der Waals surface area contributed by atoms with E-state index < -0.39 is 12.0 Å². The molecule has 0 aliphatic rings. The van der Waals surface area contributed by atoms with Crippen LogP contribution in [0.4, 0.5) is 10.5 Å². The van der Waals surface area contributed by atoms with E-state index in [0.29, 0.717) is 30.2 Å². The Hall–Kier alpha value is -4.11. The number of aromatic amines is 1.